The number of nitrogens with one attached hydrogen (secondary N) is 1. The minimum atomic E-state index is -0.412. The van der Waals surface area contributed by atoms with Crippen LogP contribution in [0.2, 0.25) is 10.0 Å². The van der Waals surface area contributed by atoms with Crippen LogP contribution >= 0.6 is 23.2 Å². The summed E-state index contributed by atoms with van der Waals surface area (Å²) in [4.78, 5) is 26.6. The van der Waals surface area contributed by atoms with Crippen molar-refractivity contribution in [3.63, 3.8) is 0 Å². The molecular formula is C19H18Cl2N2O2. The van der Waals surface area contributed by atoms with Crippen LogP contribution in [0.5, 0.6) is 0 Å². The van der Waals surface area contributed by atoms with Crippen molar-refractivity contribution in [2.75, 3.05) is 16.8 Å². The van der Waals surface area contributed by atoms with Crippen LogP contribution in [-0.4, -0.2) is 18.4 Å². The predicted octanol–water partition coefficient (Wildman–Crippen LogP) is 4.60. The zero-order chi connectivity index (χ0) is 18.1. The lowest BCUT2D eigenvalue weighted by Gasteiger charge is -2.20. The summed E-state index contributed by atoms with van der Waals surface area (Å²) in [6.07, 6.45) is 0.188. The number of anilines is 2. The summed E-state index contributed by atoms with van der Waals surface area (Å²) in [6.45, 7) is 4.36. The van der Waals surface area contributed by atoms with Gasteiger partial charge in [-0.15, -0.1) is 0 Å². The van der Waals surface area contributed by atoms with Gasteiger partial charge in [0.1, 0.15) is 0 Å². The smallest absolute Gasteiger partial charge is 0.229 e. The predicted molar refractivity (Wildman–Crippen MR) is 101 cm³/mol. The van der Waals surface area contributed by atoms with Gasteiger partial charge in [0.15, 0.2) is 0 Å². The quantitative estimate of drug-likeness (QED) is 0.850. The van der Waals surface area contributed by atoms with Gasteiger partial charge < -0.3 is 10.2 Å². The third-order valence-corrected chi connectivity index (χ3v) is 4.93. The fourth-order valence-electron chi connectivity index (χ4n) is 3.01. The van der Waals surface area contributed by atoms with E-state index in [-0.39, 0.29) is 18.2 Å². The van der Waals surface area contributed by atoms with Gasteiger partial charge in [-0.2, -0.15) is 0 Å². The second-order valence-corrected chi connectivity index (χ2v) is 7.14. The minimum Gasteiger partial charge on any atom is -0.326 e. The molecule has 0 bridgehead atoms. The Balaban J connectivity index is 1.75. The van der Waals surface area contributed by atoms with Crippen LogP contribution in [0.1, 0.15) is 17.5 Å². The van der Waals surface area contributed by atoms with Crippen LogP contribution in [0.15, 0.2) is 36.4 Å². The number of carbonyl (C=O) groups is 2. The van der Waals surface area contributed by atoms with E-state index in [1.54, 1.807) is 23.1 Å². The van der Waals surface area contributed by atoms with Gasteiger partial charge in [-0.3, -0.25) is 9.59 Å². The van der Waals surface area contributed by atoms with E-state index in [1.165, 1.54) is 0 Å². The molecule has 1 saturated heterocycles. The first-order chi connectivity index (χ1) is 11.8. The molecule has 130 valence electrons. The van der Waals surface area contributed by atoms with Crippen molar-refractivity contribution in [3.8, 4) is 0 Å². The minimum absolute atomic E-state index is 0.0435. The Kier molecular flexibility index (Phi) is 5.02. The Morgan fingerprint density at radius 3 is 2.52 bits per heavy atom. The highest BCUT2D eigenvalue weighted by atomic mass is 35.5. The zero-order valence-electron chi connectivity index (χ0n) is 14.0. The summed E-state index contributed by atoms with van der Waals surface area (Å²) in [5.41, 5.74) is 3.57. The van der Waals surface area contributed by atoms with Crippen molar-refractivity contribution < 1.29 is 9.59 Å². The van der Waals surface area contributed by atoms with Gasteiger partial charge in [0.2, 0.25) is 11.8 Å². The molecule has 25 heavy (non-hydrogen) atoms. The van der Waals surface area contributed by atoms with E-state index in [0.29, 0.717) is 22.3 Å². The van der Waals surface area contributed by atoms with Gasteiger partial charge in [0, 0.05) is 34.4 Å². The molecule has 3 rings (SSSR count). The number of carbonyl (C=O) groups excluding carboxylic acids is 2. The molecule has 1 atom stereocenters. The molecule has 2 aromatic carbocycles. The second-order valence-electron chi connectivity index (χ2n) is 6.27. The first kappa shape index (κ1) is 17.8. The third kappa shape index (κ3) is 3.80. The maximum Gasteiger partial charge on any atom is 0.229 e. The summed E-state index contributed by atoms with van der Waals surface area (Å²) in [7, 11) is 0. The van der Waals surface area contributed by atoms with Crippen molar-refractivity contribution in [1.82, 2.24) is 0 Å². The molecule has 0 spiro atoms. The summed E-state index contributed by atoms with van der Waals surface area (Å²) < 4.78 is 0. The van der Waals surface area contributed by atoms with Crippen LogP contribution in [0.3, 0.4) is 0 Å². The Morgan fingerprint density at radius 1 is 1.16 bits per heavy atom. The molecule has 2 aromatic rings. The fourth-order valence-corrected chi connectivity index (χ4v) is 3.54. The Morgan fingerprint density at radius 2 is 1.84 bits per heavy atom. The van der Waals surface area contributed by atoms with E-state index >= 15 is 0 Å². The summed E-state index contributed by atoms with van der Waals surface area (Å²) in [6, 6.07) is 10.7. The first-order valence-electron chi connectivity index (χ1n) is 7.98. The Labute approximate surface area is 156 Å². The van der Waals surface area contributed by atoms with E-state index < -0.39 is 5.92 Å². The third-order valence-electron chi connectivity index (χ3n) is 4.49. The monoisotopic (exact) mass is 376 g/mol. The zero-order valence-corrected chi connectivity index (χ0v) is 15.5. The molecule has 4 nitrogen and oxygen atoms in total. The standard InChI is InChI=1S/C19H18Cl2N2O2/c1-11-4-3-5-17(12(11)2)23-10-13(6-18(23)24)19(25)22-16-8-14(20)7-15(21)9-16/h3-5,7-9,13H,6,10H2,1-2H3,(H,22,25)/t13-/m0/s1. The Bertz CT molecular complexity index is 831. The van der Waals surface area contributed by atoms with Crippen LogP contribution in [0.4, 0.5) is 11.4 Å². The maximum absolute atomic E-state index is 12.5. The highest BCUT2D eigenvalue weighted by Crippen LogP contribution is 2.30. The van der Waals surface area contributed by atoms with Gasteiger partial charge in [0.05, 0.1) is 5.92 Å². The van der Waals surface area contributed by atoms with E-state index in [1.807, 2.05) is 32.0 Å². The van der Waals surface area contributed by atoms with Gasteiger partial charge in [0.25, 0.3) is 0 Å². The summed E-state index contributed by atoms with van der Waals surface area (Å²) in [5, 5.41) is 3.69. The number of hydrogen-bond acceptors (Lipinski definition) is 2. The molecular weight excluding hydrogens is 359 g/mol. The van der Waals surface area contributed by atoms with Gasteiger partial charge in [-0.25, -0.2) is 0 Å². The molecule has 0 aromatic heterocycles. The fraction of sp³-hybridized carbons (Fsp3) is 0.263. The number of aryl methyl sites for hydroxylation is 1. The van der Waals surface area contributed by atoms with Crippen molar-refractivity contribution >= 4 is 46.4 Å². The molecule has 0 aliphatic carbocycles. The molecule has 1 heterocycles. The first-order valence-corrected chi connectivity index (χ1v) is 8.74. The van der Waals surface area contributed by atoms with Crippen molar-refractivity contribution in [1.29, 1.82) is 0 Å². The van der Waals surface area contributed by atoms with E-state index in [0.717, 1.165) is 16.8 Å². The second kappa shape index (κ2) is 7.06. The molecule has 1 aliphatic rings. The summed E-state index contributed by atoms with van der Waals surface area (Å²) in [5.74, 6) is -0.664. The van der Waals surface area contributed by atoms with Crippen LogP contribution < -0.4 is 10.2 Å². The molecule has 1 aliphatic heterocycles. The SMILES string of the molecule is Cc1cccc(N2C[C@@H](C(=O)Nc3cc(Cl)cc(Cl)c3)CC2=O)c1C. The lowest BCUT2D eigenvalue weighted by Crippen LogP contribution is -2.28. The largest absolute Gasteiger partial charge is 0.326 e. The van der Waals surface area contributed by atoms with E-state index in [2.05, 4.69) is 5.32 Å². The van der Waals surface area contributed by atoms with Crippen molar-refractivity contribution in [3.05, 3.63) is 57.6 Å². The number of rotatable bonds is 3. The van der Waals surface area contributed by atoms with Crippen LogP contribution in [0.25, 0.3) is 0 Å². The lowest BCUT2D eigenvalue weighted by atomic mass is 10.1. The Hall–Kier alpha value is -2.04. The van der Waals surface area contributed by atoms with Crippen molar-refractivity contribution in [2.24, 2.45) is 5.92 Å². The molecule has 1 N–H and O–H groups in total. The van der Waals surface area contributed by atoms with Crippen molar-refractivity contribution in [2.45, 2.75) is 20.3 Å². The number of amides is 2. The van der Waals surface area contributed by atoms with Crippen LogP contribution in [0, 0.1) is 19.8 Å². The molecule has 2 amide bonds. The summed E-state index contributed by atoms with van der Waals surface area (Å²) >= 11 is 11.9. The van der Waals surface area contributed by atoms with E-state index in [9.17, 15) is 9.59 Å². The number of nitrogens with zero attached hydrogens (tertiary/aromatic N) is 1. The lowest BCUT2D eigenvalue weighted by molar-refractivity contribution is -0.122. The molecule has 0 unspecified atom stereocenters. The number of hydrogen-bond donors (Lipinski definition) is 1. The van der Waals surface area contributed by atoms with Gasteiger partial charge >= 0.3 is 0 Å². The topological polar surface area (TPSA) is 49.4 Å². The maximum atomic E-state index is 12.5. The molecule has 1 fully saturated rings. The molecule has 6 heteroatoms. The highest BCUT2D eigenvalue weighted by Gasteiger charge is 2.35. The van der Waals surface area contributed by atoms with Gasteiger partial charge in [-0.1, -0.05) is 35.3 Å². The average Bonchev–Trinajstić information content (AvgIpc) is 2.91. The average molecular weight is 377 g/mol. The molecule has 0 saturated carbocycles. The van der Waals surface area contributed by atoms with Gasteiger partial charge in [-0.05, 0) is 49.2 Å². The van der Waals surface area contributed by atoms with Crippen LogP contribution in [-0.2, 0) is 9.59 Å². The highest BCUT2D eigenvalue weighted by molar-refractivity contribution is 6.35. The number of halogens is 2. The van der Waals surface area contributed by atoms with E-state index in [4.69, 9.17) is 23.2 Å². The number of benzene rings is 2. The molecule has 0 radical (unpaired) electrons. The normalized spacial score (nSPS) is 17.0.